The van der Waals surface area contributed by atoms with Crippen LogP contribution >= 0.6 is 11.3 Å². The Morgan fingerprint density at radius 3 is 2.11 bits per heavy atom. The number of aromatic nitrogens is 2. The summed E-state index contributed by atoms with van der Waals surface area (Å²) < 4.78 is 17.9. The minimum Gasteiger partial charge on any atom is -0.483 e. The third kappa shape index (κ3) is 14.4. The molecule has 1 saturated heterocycles. The fraction of sp³-hybridized carbons (Fsp3) is 0.409. The van der Waals surface area contributed by atoms with Crippen LogP contribution in [-0.2, 0) is 48.5 Å². The van der Waals surface area contributed by atoms with Crippen LogP contribution in [0.15, 0.2) is 88.3 Å². The second-order valence-corrected chi connectivity index (χ2v) is 17.8. The number of rotatable bonds is 18. The quantitative estimate of drug-likeness (QED) is 0.0434. The monoisotopic (exact) mass is 887 g/mol. The maximum Gasteiger partial charge on any atom is 0.413 e. The van der Waals surface area contributed by atoms with Crippen molar-refractivity contribution in [1.82, 2.24) is 25.7 Å². The van der Waals surface area contributed by atoms with E-state index < -0.39 is 64.0 Å². The first-order chi connectivity index (χ1) is 29.7. The molecular weight excluding hydrogens is 835 g/mol. The SMILES string of the molecule is CC(C)(C)OC(=O)Nc1nc(/C(=N/OC(C)(C)C(=O)OC(C)(C)C)C(=O)C[C@@H]2C(=O)N[C@@H]2CNC(=O)NCc2cc(=O)c(OCc3ccccc3)cn2OCc2ccccc2)cs1. The zero-order valence-corrected chi connectivity index (χ0v) is 37.3. The maximum absolute atomic E-state index is 13.9. The van der Waals surface area contributed by atoms with E-state index >= 15 is 0 Å². The molecule has 0 radical (unpaired) electrons. The molecule has 0 unspecified atom stereocenters. The van der Waals surface area contributed by atoms with E-state index in [9.17, 15) is 28.8 Å². The number of nitrogens with one attached hydrogen (secondary N) is 4. The molecule has 4 N–H and O–H groups in total. The summed E-state index contributed by atoms with van der Waals surface area (Å²) in [7, 11) is 0. The van der Waals surface area contributed by atoms with Crippen molar-refractivity contribution < 1.29 is 47.9 Å². The summed E-state index contributed by atoms with van der Waals surface area (Å²) in [5.41, 5.74) is -1.91. The molecule has 1 aliphatic heterocycles. The van der Waals surface area contributed by atoms with Gasteiger partial charge in [-0.3, -0.25) is 19.7 Å². The average Bonchev–Trinajstić information content (AvgIpc) is 3.66. The predicted molar refractivity (Wildman–Crippen MR) is 233 cm³/mol. The molecule has 5 rings (SSSR count). The van der Waals surface area contributed by atoms with Crippen molar-refractivity contribution in [2.45, 2.75) is 104 Å². The van der Waals surface area contributed by atoms with Gasteiger partial charge < -0.3 is 39.8 Å². The van der Waals surface area contributed by atoms with Gasteiger partial charge in [0.15, 0.2) is 22.4 Å². The number of esters is 1. The molecule has 2 aromatic carbocycles. The number of oxime groups is 1. The van der Waals surface area contributed by atoms with Gasteiger partial charge in [-0.15, -0.1) is 11.3 Å². The number of β-lactam (4-membered cyclic amide) rings is 1. The Labute approximate surface area is 368 Å². The molecule has 18 nitrogen and oxygen atoms in total. The third-order valence-electron chi connectivity index (χ3n) is 8.85. The van der Waals surface area contributed by atoms with Crippen molar-refractivity contribution >= 4 is 52.0 Å². The first-order valence-electron chi connectivity index (χ1n) is 20.1. The minimum atomic E-state index is -1.64. The fourth-order valence-corrected chi connectivity index (χ4v) is 6.34. The summed E-state index contributed by atoms with van der Waals surface area (Å²) in [6.45, 7) is 13.2. The van der Waals surface area contributed by atoms with Crippen molar-refractivity contribution in [2.75, 3.05) is 11.9 Å². The van der Waals surface area contributed by atoms with Gasteiger partial charge in [-0.05, 0) is 66.5 Å². The normalized spacial score (nSPS) is 15.2. The summed E-state index contributed by atoms with van der Waals surface area (Å²) in [5.74, 6) is -2.68. The number of hydrogen-bond acceptors (Lipinski definition) is 14. The molecule has 0 aliphatic carbocycles. The Hall–Kier alpha value is -6.76. The lowest BCUT2D eigenvalue weighted by Crippen LogP contribution is -2.63. The standard InChI is InChI=1S/C44H53N7O11S/c1-42(2,3)60-38(55)44(7,8)62-50-36(32-26-63-40(48-32)49-41(57)61-43(4,5)6)34(53)20-30-31(47-37(30)54)22-46-39(56)45-21-29-19-33(52)35(58-24-27-15-11-9-12-16-27)23-51(29)59-25-28-17-13-10-14-18-28/h9-19,23,26,30-31H,20-22,24-25H2,1-8H3,(H,47,54)(H2,45,46,56)(H,48,49,57)/b50-36-/t30-,31+/m0/s1. The van der Waals surface area contributed by atoms with Crippen molar-refractivity contribution in [2.24, 2.45) is 11.1 Å². The van der Waals surface area contributed by atoms with Crippen molar-refractivity contribution in [3.8, 4) is 5.75 Å². The molecule has 4 amide bonds. The van der Waals surface area contributed by atoms with Crippen LogP contribution in [0.4, 0.5) is 14.7 Å². The molecule has 2 atom stereocenters. The van der Waals surface area contributed by atoms with Crippen molar-refractivity contribution in [3.05, 3.63) is 111 Å². The summed E-state index contributed by atoms with van der Waals surface area (Å²) in [5, 5.41) is 16.2. The summed E-state index contributed by atoms with van der Waals surface area (Å²) >= 11 is 0.986. The van der Waals surface area contributed by atoms with Crippen LogP contribution in [0.2, 0.25) is 0 Å². The van der Waals surface area contributed by atoms with Gasteiger partial charge >= 0.3 is 18.1 Å². The van der Waals surface area contributed by atoms with Gasteiger partial charge in [0.2, 0.25) is 16.9 Å². The van der Waals surface area contributed by atoms with Gasteiger partial charge in [0.05, 0.1) is 30.4 Å². The van der Waals surface area contributed by atoms with E-state index in [0.29, 0.717) is 5.69 Å². The number of pyridine rings is 1. The highest BCUT2D eigenvalue weighted by atomic mass is 32.1. The van der Waals surface area contributed by atoms with Gasteiger partial charge in [-0.25, -0.2) is 19.4 Å². The molecule has 4 aromatic rings. The third-order valence-corrected chi connectivity index (χ3v) is 9.61. The molecule has 336 valence electrons. The second kappa shape index (κ2) is 20.4. The lowest BCUT2D eigenvalue weighted by atomic mass is 9.85. The smallest absolute Gasteiger partial charge is 0.413 e. The largest absolute Gasteiger partial charge is 0.483 e. The van der Waals surface area contributed by atoms with Gasteiger partial charge in [-0.1, -0.05) is 65.8 Å². The number of nitrogens with zero attached hydrogens (tertiary/aromatic N) is 3. The molecule has 63 heavy (non-hydrogen) atoms. The number of anilines is 1. The minimum absolute atomic E-state index is 0.00634. The number of carbonyl (C=O) groups excluding carboxylic acids is 5. The summed E-state index contributed by atoms with van der Waals surface area (Å²) in [4.78, 5) is 94.1. The lowest BCUT2D eigenvalue weighted by Gasteiger charge is -2.36. The Morgan fingerprint density at radius 2 is 1.49 bits per heavy atom. The first-order valence-corrected chi connectivity index (χ1v) is 20.9. The van der Waals surface area contributed by atoms with Crippen LogP contribution in [0.25, 0.3) is 0 Å². The zero-order valence-electron chi connectivity index (χ0n) is 36.4. The van der Waals surface area contributed by atoms with Gasteiger partial charge in [0, 0.05) is 24.4 Å². The number of amides is 4. The molecule has 0 bridgehead atoms. The second-order valence-electron chi connectivity index (χ2n) is 17.0. The number of Topliss-reactive ketones (excluding diaryl/α,β-unsaturated/α-hetero) is 1. The molecular formula is C44H53N7O11S. The number of carbonyl (C=O) groups is 5. The Bertz CT molecular complexity index is 2350. The van der Waals surface area contributed by atoms with Gasteiger partial charge in [-0.2, -0.15) is 4.73 Å². The van der Waals surface area contributed by atoms with Gasteiger partial charge in [0.1, 0.15) is 30.1 Å². The molecule has 0 spiro atoms. The van der Waals surface area contributed by atoms with Crippen LogP contribution in [0.1, 0.15) is 84.3 Å². The van der Waals surface area contributed by atoms with Crippen LogP contribution in [0.3, 0.4) is 0 Å². The number of urea groups is 1. The van der Waals surface area contributed by atoms with Crippen LogP contribution in [0, 0.1) is 5.92 Å². The highest BCUT2D eigenvalue weighted by Crippen LogP contribution is 2.25. The average molecular weight is 888 g/mol. The van der Waals surface area contributed by atoms with Crippen molar-refractivity contribution in [3.63, 3.8) is 0 Å². The zero-order chi connectivity index (χ0) is 46.0. The first kappa shape index (κ1) is 47.3. The number of hydrogen-bond donors (Lipinski definition) is 4. The Kier molecular flexibility index (Phi) is 15.3. The Balaban J connectivity index is 1.24. The lowest BCUT2D eigenvalue weighted by molar-refractivity contribution is -0.179. The van der Waals surface area contributed by atoms with E-state index in [4.69, 9.17) is 23.9 Å². The number of benzene rings is 2. The summed E-state index contributed by atoms with van der Waals surface area (Å²) in [6.07, 6.45) is 0.291. The van der Waals surface area contributed by atoms with E-state index in [1.165, 1.54) is 36.2 Å². The fourth-order valence-electron chi connectivity index (χ4n) is 5.66. The van der Waals surface area contributed by atoms with E-state index in [1.807, 2.05) is 60.7 Å². The van der Waals surface area contributed by atoms with Crippen LogP contribution < -0.4 is 36.3 Å². The Morgan fingerprint density at radius 1 is 0.857 bits per heavy atom. The maximum atomic E-state index is 13.9. The highest BCUT2D eigenvalue weighted by Gasteiger charge is 2.42. The number of ketones is 1. The van der Waals surface area contributed by atoms with Crippen LogP contribution in [-0.4, -0.2) is 74.6 Å². The molecule has 1 aliphatic rings. The van der Waals surface area contributed by atoms with E-state index in [1.54, 1.807) is 41.5 Å². The molecule has 1 fully saturated rings. The number of ether oxygens (including phenoxy) is 3. The van der Waals surface area contributed by atoms with E-state index in [0.717, 1.165) is 22.5 Å². The van der Waals surface area contributed by atoms with Crippen molar-refractivity contribution in [1.29, 1.82) is 0 Å². The summed E-state index contributed by atoms with van der Waals surface area (Å²) in [6, 6.07) is 18.8. The number of thiazole rings is 1. The predicted octanol–water partition coefficient (Wildman–Crippen LogP) is 5.27. The molecule has 3 heterocycles. The topological polar surface area (TPSA) is 227 Å². The van der Waals surface area contributed by atoms with Gasteiger partial charge in [0.25, 0.3) is 0 Å². The molecule has 19 heteroatoms. The molecule has 0 saturated carbocycles. The highest BCUT2D eigenvalue weighted by molar-refractivity contribution is 7.14. The van der Waals surface area contributed by atoms with Crippen LogP contribution in [0.5, 0.6) is 5.75 Å². The van der Waals surface area contributed by atoms with E-state index in [-0.39, 0.29) is 55.0 Å². The molecule has 2 aromatic heterocycles. The van der Waals surface area contributed by atoms with E-state index in [2.05, 4.69) is 31.4 Å².